The van der Waals surface area contributed by atoms with E-state index in [1.807, 2.05) is 0 Å². The Bertz CT molecular complexity index is 458. The Morgan fingerprint density at radius 3 is 2.53 bits per heavy atom. The predicted octanol–water partition coefficient (Wildman–Crippen LogP) is 1.12. The lowest BCUT2D eigenvalue weighted by Crippen LogP contribution is -2.33. The number of hydrogen-bond acceptors (Lipinski definition) is 4. The molecule has 4 nitrogen and oxygen atoms in total. The van der Waals surface area contributed by atoms with Crippen molar-refractivity contribution in [3.05, 3.63) is 23.8 Å². The summed E-state index contributed by atoms with van der Waals surface area (Å²) in [6.45, 7) is 2.45. The molecule has 1 aromatic rings. The average Bonchev–Trinajstić information content (AvgIpc) is 2.21. The highest BCUT2D eigenvalue weighted by atomic mass is 16.3. The maximum atomic E-state index is 11.3. The normalized spacial score (nSPS) is 20.7. The second kappa shape index (κ2) is 4.31. The lowest BCUT2D eigenvalue weighted by atomic mass is 9.91. The van der Waals surface area contributed by atoms with Gasteiger partial charge >= 0.3 is 0 Å². The third kappa shape index (κ3) is 2.47. The van der Waals surface area contributed by atoms with Crippen molar-refractivity contribution in [3.63, 3.8) is 0 Å². The van der Waals surface area contributed by atoms with Crippen LogP contribution in [0.4, 0.5) is 0 Å². The van der Waals surface area contributed by atoms with E-state index in [-0.39, 0.29) is 11.3 Å². The molecule has 0 aliphatic heterocycles. The predicted molar refractivity (Wildman–Crippen MR) is 56.8 cm³/mol. The summed E-state index contributed by atoms with van der Waals surface area (Å²) in [5, 5.41) is 18.5. The summed E-state index contributed by atoms with van der Waals surface area (Å²) >= 11 is 0. The standard InChI is InChI=1S/C11H15NO3/c1-6(11(12)7(2)13)8-3-4-9(14)10(15)5-8/h3-6,11,14-15H,12H2,1-2H3/t6-,11-/m0/s1/i6D,11D. The van der Waals surface area contributed by atoms with Gasteiger partial charge in [-0.25, -0.2) is 0 Å². The number of carbonyl (C=O) groups is 1. The van der Waals surface area contributed by atoms with Crippen molar-refractivity contribution in [2.75, 3.05) is 0 Å². The van der Waals surface area contributed by atoms with Gasteiger partial charge in [0.05, 0.1) is 7.39 Å². The first-order chi connectivity index (χ1) is 7.60. The van der Waals surface area contributed by atoms with Crippen molar-refractivity contribution in [2.24, 2.45) is 5.73 Å². The number of rotatable bonds is 3. The van der Waals surface area contributed by atoms with E-state index in [9.17, 15) is 9.90 Å². The number of ketones is 1. The summed E-state index contributed by atoms with van der Waals surface area (Å²) < 4.78 is 15.8. The lowest BCUT2D eigenvalue weighted by Gasteiger charge is -2.17. The fourth-order valence-electron chi connectivity index (χ4n) is 1.18. The number of aromatic hydroxyl groups is 2. The highest BCUT2D eigenvalue weighted by molar-refractivity contribution is 5.82. The zero-order valence-electron chi connectivity index (χ0n) is 10.6. The number of Topliss-reactive ketones (excluding diaryl/α,β-unsaturated/α-hetero) is 1. The molecule has 0 aliphatic rings. The molecular weight excluding hydrogens is 194 g/mol. The quantitative estimate of drug-likeness (QED) is 0.654. The number of nitrogens with two attached hydrogens (primary N) is 1. The Balaban J connectivity index is 3.30. The molecule has 0 amide bonds. The fraction of sp³-hybridized carbons (Fsp3) is 0.364. The van der Waals surface area contributed by atoms with E-state index in [4.69, 9.17) is 13.6 Å². The van der Waals surface area contributed by atoms with Crippen molar-refractivity contribution in [3.8, 4) is 11.5 Å². The van der Waals surface area contributed by atoms with Crippen molar-refractivity contribution in [2.45, 2.75) is 25.8 Å². The van der Waals surface area contributed by atoms with Crippen molar-refractivity contribution in [1.82, 2.24) is 0 Å². The first-order valence-electron chi connectivity index (χ1n) is 5.43. The summed E-state index contributed by atoms with van der Waals surface area (Å²) in [7, 11) is 0. The average molecular weight is 211 g/mol. The Morgan fingerprint density at radius 1 is 1.47 bits per heavy atom. The molecule has 0 saturated carbocycles. The Labute approximate surface area is 91.2 Å². The van der Waals surface area contributed by atoms with Crippen molar-refractivity contribution < 1.29 is 17.7 Å². The van der Waals surface area contributed by atoms with Gasteiger partial charge in [-0.3, -0.25) is 4.79 Å². The number of phenolic OH excluding ortho intramolecular Hbond substituents is 2. The third-order valence-corrected chi connectivity index (χ3v) is 2.19. The van der Waals surface area contributed by atoms with Crippen LogP contribution < -0.4 is 5.73 Å². The van der Waals surface area contributed by atoms with E-state index >= 15 is 0 Å². The summed E-state index contributed by atoms with van der Waals surface area (Å²) in [6, 6.07) is 1.53. The van der Waals surface area contributed by atoms with Crippen molar-refractivity contribution in [1.29, 1.82) is 0 Å². The fourth-order valence-corrected chi connectivity index (χ4v) is 1.18. The van der Waals surface area contributed by atoms with E-state index in [2.05, 4.69) is 0 Å². The molecule has 1 rings (SSSR count). The molecule has 1 aromatic carbocycles. The van der Waals surface area contributed by atoms with E-state index in [1.54, 1.807) is 0 Å². The molecule has 0 heterocycles. The van der Waals surface area contributed by atoms with Crippen LogP contribution in [-0.2, 0) is 4.79 Å². The smallest absolute Gasteiger partial charge is 0.157 e. The van der Waals surface area contributed by atoms with Crippen LogP contribution >= 0.6 is 0 Å². The molecule has 82 valence electrons. The molecule has 0 saturated heterocycles. The minimum absolute atomic E-state index is 0.181. The van der Waals surface area contributed by atoms with Gasteiger partial charge in [-0.2, -0.15) is 0 Å². The van der Waals surface area contributed by atoms with Gasteiger partial charge in [0.25, 0.3) is 0 Å². The van der Waals surface area contributed by atoms with Gasteiger partial charge < -0.3 is 15.9 Å². The molecule has 15 heavy (non-hydrogen) atoms. The SMILES string of the molecule is [2H][C@](C)(c1ccc(O)c(O)c1)[C@]([2H])(N)C(C)=O. The van der Waals surface area contributed by atoms with Gasteiger partial charge in [0.1, 0.15) is 5.78 Å². The van der Waals surface area contributed by atoms with Crippen LogP contribution in [0.2, 0.25) is 0 Å². The van der Waals surface area contributed by atoms with Gasteiger partial charge in [0.2, 0.25) is 0 Å². The molecule has 0 fully saturated rings. The Morgan fingerprint density at radius 2 is 2.07 bits per heavy atom. The molecule has 0 radical (unpaired) electrons. The number of phenols is 2. The van der Waals surface area contributed by atoms with Gasteiger partial charge in [0, 0.05) is 7.26 Å². The number of carbonyl (C=O) groups excluding carboxylic acids is 1. The summed E-state index contributed by atoms with van der Waals surface area (Å²) in [5.41, 5.74) is 5.72. The highest BCUT2D eigenvalue weighted by Gasteiger charge is 2.19. The van der Waals surface area contributed by atoms with Gasteiger partial charge in [-0.1, -0.05) is 13.0 Å². The summed E-state index contributed by atoms with van der Waals surface area (Å²) in [6.07, 6.45) is 0. The summed E-state index contributed by atoms with van der Waals surface area (Å²) in [5.74, 6) is -3.13. The van der Waals surface area contributed by atoms with Crippen LogP contribution in [0.3, 0.4) is 0 Å². The van der Waals surface area contributed by atoms with Crippen LogP contribution in [0.5, 0.6) is 11.5 Å². The lowest BCUT2D eigenvalue weighted by molar-refractivity contribution is -0.118. The second-order valence-electron chi connectivity index (χ2n) is 3.30. The molecule has 0 aliphatic carbocycles. The van der Waals surface area contributed by atoms with E-state index in [0.717, 1.165) is 13.0 Å². The minimum Gasteiger partial charge on any atom is -0.504 e. The van der Waals surface area contributed by atoms with Crippen LogP contribution in [0, 0.1) is 0 Å². The minimum atomic E-state index is -2.13. The molecule has 4 heteroatoms. The molecule has 0 unspecified atom stereocenters. The maximum Gasteiger partial charge on any atom is 0.157 e. The molecule has 2 atom stereocenters. The van der Waals surface area contributed by atoms with Crippen LogP contribution in [-0.4, -0.2) is 22.0 Å². The third-order valence-electron chi connectivity index (χ3n) is 2.19. The zero-order valence-corrected chi connectivity index (χ0v) is 8.61. The number of hydrogen-bond donors (Lipinski definition) is 3. The molecular formula is C11H15NO3. The van der Waals surface area contributed by atoms with E-state index in [1.165, 1.54) is 19.1 Å². The molecule has 0 bridgehead atoms. The Kier molecular flexibility index (Phi) is 2.51. The van der Waals surface area contributed by atoms with E-state index in [0.29, 0.717) is 0 Å². The molecule has 0 aromatic heterocycles. The first-order valence-corrected chi connectivity index (χ1v) is 4.43. The van der Waals surface area contributed by atoms with Gasteiger partial charge in [-0.05, 0) is 24.6 Å². The Hall–Kier alpha value is -1.55. The molecule has 0 spiro atoms. The van der Waals surface area contributed by atoms with Gasteiger partial charge in [-0.15, -0.1) is 0 Å². The zero-order chi connectivity index (χ0) is 13.4. The van der Waals surface area contributed by atoms with Crippen LogP contribution in [0.25, 0.3) is 0 Å². The maximum absolute atomic E-state index is 11.3. The van der Waals surface area contributed by atoms with E-state index < -0.39 is 23.4 Å². The second-order valence-corrected chi connectivity index (χ2v) is 3.30. The van der Waals surface area contributed by atoms with Crippen LogP contribution in [0.15, 0.2) is 18.2 Å². The van der Waals surface area contributed by atoms with Gasteiger partial charge in [0.15, 0.2) is 11.5 Å². The number of benzene rings is 1. The molecule has 4 N–H and O–H groups in total. The largest absolute Gasteiger partial charge is 0.504 e. The monoisotopic (exact) mass is 211 g/mol. The van der Waals surface area contributed by atoms with Crippen LogP contribution in [0.1, 0.15) is 28.0 Å². The summed E-state index contributed by atoms with van der Waals surface area (Å²) in [4.78, 5) is 11.3. The topological polar surface area (TPSA) is 83.6 Å². The first kappa shape index (κ1) is 8.73. The van der Waals surface area contributed by atoms with Crippen molar-refractivity contribution >= 4 is 5.78 Å². The highest BCUT2D eigenvalue weighted by Crippen LogP contribution is 2.29.